The third kappa shape index (κ3) is 9.21. The number of hydrogen-bond donors (Lipinski definition) is 4. The SMILES string of the molecule is NCCOCCOCCNc1nc(NCc2ccc(Br)cc2)nc(NCC2CCCO2)n1. The number of halogens is 1. The molecular weight excluding hydrogens is 478 g/mol. The number of rotatable bonds is 15. The largest absolute Gasteiger partial charge is 0.378 e. The monoisotopic (exact) mass is 509 g/mol. The quantitative estimate of drug-likeness (QED) is 0.265. The lowest BCUT2D eigenvalue weighted by molar-refractivity contribution is 0.0547. The molecule has 0 radical (unpaired) electrons. The standard InChI is InChI=1S/C21H32BrN7O3/c22-17-5-3-16(4-6-17)14-25-20-27-19(24-8-11-31-13-12-30-10-7-23)28-21(29-20)26-15-18-2-1-9-32-18/h3-6,18H,1-2,7-15,23H2,(H3,24,25,26,27,28,29). The first-order valence-corrected chi connectivity index (χ1v) is 11.7. The van der Waals surface area contributed by atoms with Gasteiger partial charge in [-0.1, -0.05) is 28.1 Å². The van der Waals surface area contributed by atoms with Crippen LogP contribution in [0.15, 0.2) is 28.7 Å². The van der Waals surface area contributed by atoms with Crippen LogP contribution in [-0.4, -0.2) is 73.7 Å². The van der Waals surface area contributed by atoms with E-state index in [9.17, 15) is 0 Å². The minimum absolute atomic E-state index is 0.192. The molecule has 0 bridgehead atoms. The normalized spacial score (nSPS) is 15.6. The van der Waals surface area contributed by atoms with E-state index in [1.165, 1.54) is 0 Å². The Balaban J connectivity index is 1.52. The van der Waals surface area contributed by atoms with Crippen molar-refractivity contribution in [3.8, 4) is 0 Å². The van der Waals surface area contributed by atoms with Crippen LogP contribution in [0.5, 0.6) is 0 Å². The average Bonchev–Trinajstić information content (AvgIpc) is 3.33. The molecule has 5 N–H and O–H groups in total. The zero-order valence-electron chi connectivity index (χ0n) is 18.2. The molecule has 1 aliphatic heterocycles. The van der Waals surface area contributed by atoms with Crippen LogP contribution < -0.4 is 21.7 Å². The zero-order valence-corrected chi connectivity index (χ0v) is 19.8. The molecule has 0 saturated carbocycles. The van der Waals surface area contributed by atoms with Crippen LogP contribution in [0.25, 0.3) is 0 Å². The summed E-state index contributed by atoms with van der Waals surface area (Å²) in [6.45, 7) is 5.28. The summed E-state index contributed by atoms with van der Waals surface area (Å²) in [6, 6.07) is 8.10. The van der Waals surface area contributed by atoms with Gasteiger partial charge in [0.15, 0.2) is 0 Å². The van der Waals surface area contributed by atoms with E-state index in [1.54, 1.807) is 0 Å². The Morgan fingerprint density at radius 1 is 0.938 bits per heavy atom. The Labute approximate surface area is 197 Å². The van der Waals surface area contributed by atoms with Gasteiger partial charge in [0.25, 0.3) is 0 Å². The molecule has 1 aliphatic rings. The third-order valence-corrected chi connectivity index (χ3v) is 5.20. The molecule has 11 heteroatoms. The molecular formula is C21H32BrN7O3. The molecule has 1 unspecified atom stereocenters. The van der Waals surface area contributed by atoms with Crippen molar-refractivity contribution in [3.05, 3.63) is 34.3 Å². The van der Waals surface area contributed by atoms with E-state index in [0.29, 0.717) is 70.5 Å². The number of nitrogens with one attached hydrogen (secondary N) is 3. The van der Waals surface area contributed by atoms with E-state index < -0.39 is 0 Å². The number of nitrogens with two attached hydrogens (primary N) is 1. The molecule has 0 amide bonds. The fraction of sp³-hybridized carbons (Fsp3) is 0.571. The molecule has 1 aromatic carbocycles. The van der Waals surface area contributed by atoms with E-state index in [1.807, 2.05) is 24.3 Å². The fourth-order valence-electron chi connectivity index (χ4n) is 3.05. The maximum atomic E-state index is 5.67. The number of nitrogens with zero attached hydrogens (tertiary/aromatic N) is 3. The Morgan fingerprint density at radius 2 is 1.62 bits per heavy atom. The predicted octanol–water partition coefficient (Wildman–Crippen LogP) is 2.24. The summed E-state index contributed by atoms with van der Waals surface area (Å²) < 4.78 is 17.5. The number of aromatic nitrogens is 3. The van der Waals surface area contributed by atoms with Gasteiger partial charge in [-0.05, 0) is 30.5 Å². The third-order valence-electron chi connectivity index (χ3n) is 4.67. The van der Waals surface area contributed by atoms with Gasteiger partial charge < -0.3 is 35.9 Å². The first-order valence-electron chi connectivity index (χ1n) is 10.9. The Morgan fingerprint density at radius 3 is 2.31 bits per heavy atom. The van der Waals surface area contributed by atoms with Gasteiger partial charge in [-0.15, -0.1) is 0 Å². The molecule has 0 aliphatic carbocycles. The minimum Gasteiger partial charge on any atom is -0.378 e. The van der Waals surface area contributed by atoms with E-state index >= 15 is 0 Å². The topological polar surface area (TPSA) is 128 Å². The Hall–Kier alpha value is -2.05. The van der Waals surface area contributed by atoms with Gasteiger partial charge >= 0.3 is 0 Å². The van der Waals surface area contributed by atoms with Gasteiger partial charge in [-0.3, -0.25) is 0 Å². The van der Waals surface area contributed by atoms with Crippen molar-refractivity contribution in [2.45, 2.75) is 25.5 Å². The molecule has 1 aromatic heterocycles. The van der Waals surface area contributed by atoms with E-state index in [-0.39, 0.29) is 6.10 Å². The highest BCUT2D eigenvalue weighted by Crippen LogP contribution is 2.15. The summed E-state index contributed by atoms with van der Waals surface area (Å²) >= 11 is 3.45. The lowest BCUT2D eigenvalue weighted by Gasteiger charge is -2.13. The summed E-state index contributed by atoms with van der Waals surface area (Å²) in [5.74, 6) is 1.49. The second kappa shape index (κ2) is 14.2. The fourth-order valence-corrected chi connectivity index (χ4v) is 3.31. The highest BCUT2D eigenvalue weighted by Gasteiger charge is 2.16. The molecule has 10 nitrogen and oxygen atoms in total. The van der Waals surface area contributed by atoms with Gasteiger partial charge in [0, 0.05) is 37.3 Å². The second-order valence-corrected chi connectivity index (χ2v) is 8.16. The lowest BCUT2D eigenvalue weighted by atomic mass is 10.2. The minimum atomic E-state index is 0.192. The average molecular weight is 510 g/mol. The van der Waals surface area contributed by atoms with Crippen molar-refractivity contribution in [3.63, 3.8) is 0 Å². The molecule has 3 rings (SSSR count). The van der Waals surface area contributed by atoms with Crippen molar-refractivity contribution in [2.75, 3.05) is 68.6 Å². The van der Waals surface area contributed by atoms with Crippen LogP contribution in [0, 0.1) is 0 Å². The summed E-state index contributed by atoms with van der Waals surface area (Å²) in [6.07, 6.45) is 2.33. The second-order valence-electron chi connectivity index (χ2n) is 7.24. The van der Waals surface area contributed by atoms with Crippen molar-refractivity contribution < 1.29 is 14.2 Å². The van der Waals surface area contributed by atoms with Crippen LogP contribution >= 0.6 is 15.9 Å². The van der Waals surface area contributed by atoms with Crippen LogP contribution in [-0.2, 0) is 20.8 Å². The van der Waals surface area contributed by atoms with Gasteiger partial charge in [-0.25, -0.2) is 0 Å². The summed E-state index contributed by atoms with van der Waals surface area (Å²) in [4.78, 5) is 13.5. The van der Waals surface area contributed by atoms with Crippen LogP contribution in [0.2, 0.25) is 0 Å². The van der Waals surface area contributed by atoms with Crippen molar-refractivity contribution in [1.82, 2.24) is 15.0 Å². The van der Waals surface area contributed by atoms with E-state index in [0.717, 1.165) is 29.5 Å². The Kier molecular flexibility index (Phi) is 10.9. The molecule has 1 saturated heterocycles. The predicted molar refractivity (Wildman–Crippen MR) is 128 cm³/mol. The summed E-state index contributed by atoms with van der Waals surface area (Å²) in [5, 5.41) is 9.74. The lowest BCUT2D eigenvalue weighted by Crippen LogP contribution is -2.21. The van der Waals surface area contributed by atoms with Gasteiger partial charge in [0.1, 0.15) is 0 Å². The Bertz CT molecular complexity index is 791. The van der Waals surface area contributed by atoms with Crippen LogP contribution in [0.1, 0.15) is 18.4 Å². The van der Waals surface area contributed by atoms with Crippen LogP contribution in [0.4, 0.5) is 17.8 Å². The molecule has 0 spiro atoms. The van der Waals surface area contributed by atoms with Crippen molar-refractivity contribution >= 4 is 33.8 Å². The molecule has 176 valence electrons. The zero-order chi connectivity index (χ0) is 22.4. The molecule has 32 heavy (non-hydrogen) atoms. The molecule has 1 fully saturated rings. The molecule has 1 atom stereocenters. The maximum absolute atomic E-state index is 5.67. The van der Waals surface area contributed by atoms with Crippen molar-refractivity contribution in [1.29, 1.82) is 0 Å². The number of anilines is 3. The number of hydrogen-bond acceptors (Lipinski definition) is 10. The van der Waals surface area contributed by atoms with Gasteiger partial charge in [0.05, 0.1) is 32.5 Å². The molecule has 2 heterocycles. The van der Waals surface area contributed by atoms with Gasteiger partial charge in [0.2, 0.25) is 17.8 Å². The van der Waals surface area contributed by atoms with E-state index in [2.05, 4.69) is 46.8 Å². The first kappa shape index (κ1) is 24.6. The summed E-state index contributed by atoms with van der Waals surface area (Å²) in [5.41, 5.74) is 6.51. The number of benzene rings is 1. The van der Waals surface area contributed by atoms with Gasteiger partial charge in [-0.2, -0.15) is 15.0 Å². The van der Waals surface area contributed by atoms with Crippen molar-refractivity contribution in [2.24, 2.45) is 5.73 Å². The van der Waals surface area contributed by atoms with E-state index in [4.69, 9.17) is 19.9 Å². The molecule has 2 aromatic rings. The smallest absolute Gasteiger partial charge is 0.229 e. The first-order chi connectivity index (χ1) is 15.7. The summed E-state index contributed by atoms with van der Waals surface area (Å²) in [7, 11) is 0. The highest BCUT2D eigenvalue weighted by molar-refractivity contribution is 9.10. The number of ether oxygens (including phenoxy) is 3. The maximum Gasteiger partial charge on any atom is 0.229 e. The van der Waals surface area contributed by atoms with Crippen LogP contribution in [0.3, 0.4) is 0 Å². The highest BCUT2D eigenvalue weighted by atomic mass is 79.9.